The van der Waals surface area contributed by atoms with Crippen molar-refractivity contribution in [2.45, 2.75) is 31.6 Å². The lowest BCUT2D eigenvalue weighted by atomic mass is 10.1. The van der Waals surface area contributed by atoms with E-state index in [4.69, 9.17) is 0 Å². The topological polar surface area (TPSA) is 46.2 Å². The zero-order valence-electron chi connectivity index (χ0n) is 8.73. The van der Waals surface area contributed by atoms with E-state index < -0.39 is 10.0 Å². The summed E-state index contributed by atoms with van der Waals surface area (Å²) in [6, 6.07) is 7.87. The third kappa shape index (κ3) is 2.79. The fourth-order valence-corrected chi connectivity index (χ4v) is 2.86. The van der Waals surface area contributed by atoms with Crippen molar-refractivity contribution in [3.05, 3.63) is 35.4 Å². The number of nitrogens with one attached hydrogen (secondary N) is 1. The van der Waals surface area contributed by atoms with Crippen molar-refractivity contribution in [1.29, 1.82) is 0 Å². The molecule has 0 bridgehead atoms. The van der Waals surface area contributed by atoms with E-state index in [1.807, 2.05) is 31.2 Å². The Kier molecular flexibility index (Phi) is 2.80. The lowest BCUT2D eigenvalue weighted by molar-refractivity contribution is 0.580. The Morgan fingerprint density at radius 2 is 2.13 bits per heavy atom. The van der Waals surface area contributed by atoms with Crippen molar-refractivity contribution in [2.24, 2.45) is 0 Å². The largest absolute Gasteiger partial charge is 0.214 e. The van der Waals surface area contributed by atoms with Gasteiger partial charge in [0.05, 0.1) is 5.25 Å². The molecule has 0 radical (unpaired) electrons. The molecule has 0 unspecified atom stereocenters. The van der Waals surface area contributed by atoms with Crippen molar-refractivity contribution < 1.29 is 8.42 Å². The minimum absolute atomic E-state index is 0.137. The van der Waals surface area contributed by atoms with Crippen LogP contribution in [0.1, 0.15) is 24.0 Å². The molecule has 3 nitrogen and oxygen atoms in total. The van der Waals surface area contributed by atoms with Crippen LogP contribution in [0.4, 0.5) is 0 Å². The van der Waals surface area contributed by atoms with Crippen molar-refractivity contribution >= 4 is 10.0 Å². The zero-order chi connectivity index (χ0) is 10.9. The Bertz CT molecular complexity index is 449. The summed E-state index contributed by atoms with van der Waals surface area (Å²) in [6.45, 7) is 2.40. The standard InChI is InChI=1S/C11H15NO2S/c1-9-3-2-4-10(7-9)8-12-15(13,14)11-5-6-11/h2-4,7,11-12H,5-6,8H2,1H3. The van der Waals surface area contributed by atoms with Gasteiger partial charge in [0.1, 0.15) is 0 Å². The summed E-state index contributed by atoms with van der Waals surface area (Å²) in [4.78, 5) is 0. The van der Waals surface area contributed by atoms with Crippen LogP contribution in [-0.2, 0) is 16.6 Å². The van der Waals surface area contributed by atoms with Gasteiger partial charge in [0.15, 0.2) is 0 Å². The summed E-state index contributed by atoms with van der Waals surface area (Å²) in [7, 11) is -3.05. The first-order valence-electron chi connectivity index (χ1n) is 5.12. The van der Waals surface area contributed by atoms with Gasteiger partial charge >= 0.3 is 0 Å². The van der Waals surface area contributed by atoms with Crippen LogP contribution in [0.2, 0.25) is 0 Å². The van der Waals surface area contributed by atoms with E-state index in [2.05, 4.69) is 4.72 Å². The molecule has 4 heteroatoms. The SMILES string of the molecule is Cc1cccc(CNS(=O)(=O)C2CC2)c1. The Balaban J connectivity index is 1.98. The maximum atomic E-state index is 11.5. The summed E-state index contributed by atoms with van der Waals surface area (Å²) in [5.74, 6) is 0. The fraction of sp³-hybridized carbons (Fsp3) is 0.455. The van der Waals surface area contributed by atoms with Crippen LogP contribution in [0.3, 0.4) is 0 Å². The van der Waals surface area contributed by atoms with Crippen LogP contribution >= 0.6 is 0 Å². The van der Waals surface area contributed by atoms with Gasteiger partial charge in [-0.2, -0.15) is 0 Å². The maximum absolute atomic E-state index is 11.5. The molecule has 0 amide bonds. The molecular weight excluding hydrogens is 210 g/mol. The second-order valence-electron chi connectivity index (χ2n) is 4.05. The molecule has 15 heavy (non-hydrogen) atoms. The minimum Gasteiger partial charge on any atom is -0.212 e. The minimum atomic E-state index is -3.05. The fourth-order valence-electron chi connectivity index (χ4n) is 1.50. The molecule has 0 aromatic heterocycles. The molecule has 0 atom stereocenters. The molecule has 1 aliphatic carbocycles. The first kappa shape index (κ1) is 10.6. The average molecular weight is 225 g/mol. The normalized spacial score (nSPS) is 16.6. The molecule has 1 aromatic rings. The predicted molar refractivity (Wildman–Crippen MR) is 60.0 cm³/mol. The highest BCUT2D eigenvalue weighted by Gasteiger charge is 2.35. The van der Waals surface area contributed by atoms with E-state index in [1.165, 1.54) is 0 Å². The van der Waals surface area contributed by atoms with E-state index in [0.29, 0.717) is 6.54 Å². The van der Waals surface area contributed by atoms with Crippen molar-refractivity contribution in [3.8, 4) is 0 Å². The molecule has 2 rings (SSSR count). The number of aryl methyl sites for hydroxylation is 1. The van der Waals surface area contributed by atoms with E-state index in [9.17, 15) is 8.42 Å². The van der Waals surface area contributed by atoms with Crippen LogP contribution in [0.25, 0.3) is 0 Å². The van der Waals surface area contributed by atoms with E-state index in [1.54, 1.807) is 0 Å². The number of benzene rings is 1. The Morgan fingerprint density at radius 3 is 2.73 bits per heavy atom. The molecule has 1 aromatic carbocycles. The van der Waals surface area contributed by atoms with Gasteiger partial charge < -0.3 is 0 Å². The van der Waals surface area contributed by atoms with Gasteiger partial charge in [-0.05, 0) is 25.3 Å². The van der Waals surface area contributed by atoms with Gasteiger partial charge in [-0.3, -0.25) is 0 Å². The molecule has 1 saturated carbocycles. The van der Waals surface area contributed by atoms with Gasteiger partial charge in [0.25, 0.3) is 0 Å². The summed E-state index contributed by atoms with van der Waals surface area (Å²) in [5.41, 5.74) is 2.16. The van der Waals surface area contributed by atoms with Gasteiger partial charge in [-0.15, -0.1) is 0 Å². The molecule has 0 saturated heterocycles. The highest BCUT2D eigenvalue weighted by Crippen LogP contribution is 2.27. The molecule has 82 valence electrons. The monoisotopic (exact) mass is 225 g/mol. The highest BCUT2D eigenvalue weighted by atomic mass is 32.2. The first-order chi connectivity index (χ1) is 7.08. The van der Waals surface area contributed by atoms with Gasteiger partial charge in [0.2, 0.25) is 10.0 Å². The number of rotatable bonds is 4. The van der Waals surface area contributed by atoms with E-state index in [0.717, 1.165) is 24.0 Å². The lowest BCUT2D eigenvalue weighted by Gasteiger charge is -2.05. The van der Waals surface area contributed by atoms with E-state index >= 15 is 0 Å². The van der Waals surface area contributed by atoms with Crippen LogP contribution < -0.4 is 4.72 Å². The molecular formula is C11H15NO2S. The Morgan fingerprint density at radius 1 is 1.40 bits per heavy atom. The van der Waals surface area contributed by atoms with Crippen molar-refractivity contribution in [2.75, 3.05) is 0 Å². The van der Waals surface area contributed by atoms with Crippen LogP contribution in [0.5, 0.6) is 0 Å². The van der Waals surface area contributed by atoms with Crippen molar-refractivity contribution in [1.82, 2.24) is 4.72 Å². The van der Waals surface area contributed by atoms with Crippen LogP contribution in [-0.4, -0.2) is 13.7 Å². The second kappa shape index (κ2) is 3.94. The second-order valence-corrected chi connectivity index (χ2v) is 6.10. The summed E-state index contributed by atoms with van der Waals surface area (Å²) >= 11 is 0. The molecule has 0 heterocycles. The zero-order valence-corrected chi connectivity index (χ0v) is 9.55. The number of hydrogen-bond donors (Lipinski definition) is 1. The Labute approximate surface area is 90.6 Å². The first-order valence-corrected chi connectivity index (χ1v) is 6.66. The number of hydrogen-bond acceptors (Lipinski definition) is 2. The predicted octanol–water partition coefficient (Wildman–Crippen LogP) is 1.58. The van der Waals surface area contributed by atoms with Crippen molar-refractivity contribution in [3.63, 3.8) is 0 Å². The maximum Gasteiger partial charge on any atom is 0.214 e. The summed E-state index contributed by atoms with van der Waals surface area (Å²) in [5, 5.41) is -0.137. The van der Waals surface area contributed by atoms with E-state index in [-0.39, 0.29) is 5.25 Å². The molecule has 0 aliphatic heterocycles. The smallest absolute Gasteiger partial charge is 0.212 e. The Hall–Kier alpha value is -0.870. The number of sulfonamides is 1. The third-order valence-electron chi connectivity index (χ3n) is 2.52. The molecule has 1 fully saturated rings. The van der Waals surface area contributed by atoms with Gasteiger partial charge in [-0.25, -0.2) is 13.1 Å². The summed E-state index contributed by atoms with van der Waals surface area (Å²) < 4.78 is 25.7. The quantitative estimate of drug-likeness (QED) is 0.845. The molecule has 1 aliphatic rings. The van der Waals surface area contributed by atoms with Gasteiger partial charge in [-0.1, -0.05) is 29.8 Å². The van der Waals surface area contributed by atoms with Crippen LogP contribution in [0.15, 0.2) is 24.3 Å². The van der Waals surface area contributed by atoms with Gasteiger partial charge in [0, 0.05) is 6.54 Å². The highest BCUT2D eigenvalue weighted by molar-refractivity contribution is 7.90. The summed E-state index contributed by atoms with van der Waals surface area (Å²) in [6.07, 6.45) is 1.62. The molecule has 0 spiro atoms. The van der Waals surface area contributed by atoms with Crippen LogP contribution in [0, 0.1) is 6.92 Å². The average Bonchev–Trinajstić information content (AvgIpc) is 2.98. The third-order valence-corrected chi connectivity index (χ3v) is 4.42. The lowest BCUT2D eigenvalue weighted by Crippen LogP contribution is -2.26. The molecule has 1 N–H and O–H groups in total.